The zero-order valence-electron chi connectivity index (χ0n) is 19.0. The summed E-state index contributed by atoms with van der Waals surface area (Å²) in [5.41, 5.74) is 6.23. The molecule has 5 atom stereocenters. The molecule has 0 saturated carbocycles. The zero-order chi connectivity index (χ0) is 25.1. The van der Waals surface area contributed by atoms with Gasteiger partial charge in [-0.25, -0.2) is 4.79 Å². The first-order valence-corrected chi connectivity index (χ1v) is 10.7. The van der Waals surface area contributed by atoms with Crippen molar-refractivity contribution in [2.45, 2.75) is 63.9 Å². The number of rotatable bonds is 13. The number of carboxylic acid groups (broad SMARTS) is 1. The molecule has 11 nitrogen and oxygen atoms in total. The predicted molar refractivity (Wildman–Crippen MR) is 120 cm³/mol. The molecule has 0 aliphatic heterocycles. The Morgan fingerprint density at radius 2 is 1.48 bits per heavy atom. The van der Waals surface area contributed by atoms with Crippen LogP contribution in [0.3, 0.4) is 0 Å². The monoisotopic (exact) mass is 466 g/mol. The first kappa shape index (κ1) is 28.0. The Morgan fingerprint density at radius 3 is 1.97 bits per heavy atom. The Bertz CT molecular complexity index is 801. The number of hydrogen-bond acceptors (Lipinski definition) is 7. The number of aliphatic hydroxyl groups excluding tert-OH is 2. The first-order chi connectivity index (χ1) is 15.5. The number of aliphatic carboxylic acids is 1. The van der Waals surface area contributed by atoms with Gasteiger partial charge in [-0.05, 0) is 24.8 Å². The highest BCUT2D eigenvalue weighted by atomic mass is 16.4. The van der Waals surface area contributed by atoms with E-state index in [0.717, 1.165) is 0 Å². The predicted octanol–water partition coefficient (Wildman–Crippen LogP) is -1.49. The standard InChI is InChI=1S/C22H34N4O7/c1-12(2)9-17(22(32)33)25-21(31)18(13(3)28)26-20(30)16(24-19(29)15(23)11-27)10-14-7-5-4-6-8-14/h4-8,12-13,15-18,27-28H,9-11,23H2,1-3H3,(H,24,29)(H,25,31)(H,26,30)(H,32,33)/t13-,15+,16+,17+,18+/m1/s1. The van der Waals surface area contributed by atoms with E-state index < -0.39 is 60.6 Å². The number of carbonyl (C=O) groups excluding carboxylic acids is 3. The molecule has 0 fully saturated rings. The molecule has 0 aliphatic carbocycles. The molecule has 0 unspecified atom stereocenters. The van der Waals surface area contributed by atoms with Gasteiger partial charge in [0.05, 0.1) is 12.7 Å². The van der Waals surface area contributed by atoms with Gasteiger partial charge in [-0.3, -0.25) is 14.4 Å². The van der Waals surface area contributed by atoms with Crippen LogP contribution in [0.25, 0.3) is 0 Å². The number of benzene rings is 1. The molecule has 8 N–H and O–H groups in total. The molecule has 184 valence electrons. The maximum absolute atomic E-state index is 13.0. The zero-order valence-corrected chi connectivity index (χ0v) is 19.0. The molecular weight excluding hydrogens is 432 g/mol. The lowest BCUT2D eigenvalue weighted by atomic mass is 10.0. The number of carboxylic acids is 1. The number of amides is 3. The second-order valence-corrected chi connectivity index (χ2v) is 8.30. The smallest absolute Gasteiger partial charge is 0.326 e. The summed E-state index contributed by atoms with van der Waals surface area (Å²) in [5.74, 6) is -3.68. The van der Waals surface area contributed by atoms with Gasteiger partial charge in [-0.1, -0.05) is 44.2 Å². The lowest BCUT2D eigenvalue weighted by Gasteiger charge is -2.27. The van der Waals surface area contributed by atoms with Gasteiger partial charge in [0.25, 0.3) is 0 Å². The number of hydrogen-bond donors (Lipinski definition) is 7. The maximum atomic E-state index is 13.0. The molecule has 11 heteroatoms. The Morgan fingerprint density at radius 1 is 0.909 bits per heavy atom. The van der Waals surface area contributed by atoms with Gasteiger partial charge in [0.2, 0.25) is 17.7 Å². The molecule has 1 aromatic rings. The van der Waals surface area contributed by atoms with Crippen LogP contribution in [0.4, 0.5) is 0 Å². The van der Waals surface area contributed by atoms with E-state index in [1.54, 1.807) is 44.2 Å². The fourth-order valence-corrected chi connectivity index (χ4v) is 3.03. The van der Waals surface area contributed by atoms with Crippen LogP contribution in [0.15, 0.2) is 30.3 Å². The summed E-state index contributed by atoms with van der Waals surface area (Å²) in [6, 6.07) is 3.67. The van der Waals surface area contributed by atoms with Crippen molar-refractivity contribution in [3.8, 4) is 0 Å². The second-order valence-electron chi connectivity index (χ2n) is 8.30. The third-order valence-electron chi connectivity index (χ3n) is 4.83. The highest BCUT2D eigenvalue weighted by Gasteiger charge is 2.33. The van der Waals surface area contributed by atoms with E-state index in [9.17, 15) is 29.4 Å². The maximum Gasteiger partial charge on any atom is 0.326 e. The van der Waals surface area contributed by atoms with Gasteiger partial charge in [0, 0.05) is 6.42 Å². The van der Waals surface area contributed by atoms with E-state index in [1.165, 1.54) is 6.92 Å². The molecule has 1 aromatic carbocycles. The van der Waals surface area contributed by atoms with Crippen LogP contribution in [-0.2, 0) is 25.6 Å². The van der Waals surface area contributed by atoms with Gasteiger partial charge in [-0.15, -0.1) is 0 Å². The highest BCUT2D eigenvalue weighted by Crippen LogP contribution is 2.08. The van der Waals surface area contributed by atoms with Gasteiger partial charge >= 0.3 is 5.97 Å². The summed E-state index contributed by atoms with van der Waals surface area (Å²) in [5, 5.41) is 35.7. The molecule has 0 aliphatic rings. The summed E-state index contributed by atoms with van der Waals surface area (Å²) in [4.78, 5) is 49.3. The molecule has 0 radical (unpaired) electrons. The van der Waals surface area contributed by atoms with Gasteiger partial charge in [-0.2, -0.15) is 0 Å². The molecule has 0 bridgehead atoms. The number of aliphatic hydroxyl groups is 2. The van der Waals surface area contributed by atoms with E-state index in [1.807, 2.05) is 0 Å². The Labute approximate surface area is 192 Å². The average Bonchev–Trinajstić information content (AvgIpc) is 2.75. The minimum atomic E-state index is -1.46. The fourth-order valence-electron chi connectivity index (χ4n) is 3.03. The molecule has 1 rings (SSSR count). The van der Waals surface area contributed by atoms with Crippen LogP contribution in [0.5, 0.6) is 0 Å². The Kier molecular flexibility index (Phi) is 11.5. The van der Waals surface area contributed by atoms with E-state index in [4.69, 9.17) is 10.8 Å². The first-order valence-electron chi connectivity index (χ1n) is 10.7. The largest absolute Gasteiger partial charge is 0.480 e. The van der Waals surface area contributed by atoms with Crippen LogP contribution in [0.2, 0.25) is 0 Å². The van der Waals surface area contributed by atoms with E-state index in [0.29, 0.717) is 5.56 Å². The Balaban J connectivity index is 3.03. The summed E-state index contributed by atoms with van der Waals surface area (Å²) in [6.45, 7) is 4.24. The molecular formula is C22H34N4O7. The minimum absolute atomic E-state index is 0.0211. The van der Waals surface area contributed by atoms with Crippen LogP contribution >= 0.6 is 0 Å². The molecule has 0 heterocycles. The normalized spacial score (nSPS) is 15.6. The Hall–Kier alpha value is -3.02. The third kappa shape index (κ3) is 9.56. The van der Waals surface area contributed by atoms with E-state index in [-0.39, 0.29) is 18.8 Å². The van der Waals surface area contributed by atoms with E-state index in [2.05, 4.69) is 16.0 Å². The van der Waals surface area contributed by atoms with Crippen LogP contribution in [0, 0.1) is 5.92 Å². The van der Waals surface area contributed by atoms with Crippen molar-refractivity contribution >= 4 is 23.7 Å². The van der Waals surface area contributed by atoms with E-state index >= 15 is 0 Å². The number of nitrogens with one attached hydrogen (secondary N) is 3. The molecule has 33 heavy (non-hydrogen) atoms. The average molecular weight is 467 g/mol. The van der Waals surface area contributed by atoms with Crippen LogP contribution in [-0.4, -0.2) is 75.9 Å². The minimum Gasteiger partial charge on any atom is -0.480 e. The second kappa shape index (κ2) is 13.5. The topological polar surface area (TPSA) is 191 Å². The van der Waals surface area contributed by atoms with Gasteiger partial charge in [0.15, 0.2) is 0 Å². The third-order valence-corrected chi connectivity index (χ3v) is 4.83. The number of carbonyl (C=O) groups is 4. The van der Waals surface area contributed by atoms with Crippen molar-refractivity contribution in [1.29, 1.82) is 0 Å². The van der Waals surface area contributed by atoms with Crippen molar-refractivity contribution in [1.82, 2.24) is 16.0 Å². The van der Waals surface area contributed by atoms with Crippen molar-refractivity contribution in [3.05, 3.63) is 35.9 Å². The SMILES string of the molecule is CC(C)C[C@H](NC(=O)[C@@H](NC(=O)[C@H](Cc1ccccc1)NC(=O)[C@@H](N)CO)[C@@H](C)O)C(=O)O. The highest BCUT2D eigenvalue weighted by molar-refractivity contribution is 5.94. The fraction of sp³-hybridized carbons (Fsp3) is 0.545. The van der Waals surface area contributed by atoms with Crippen molar-refractivity contribution in [2.24, 2.45) is 11.7 Å². The lowest BCUT2D eigenvalue weighted by molar-refractivity contribution is -0.143. The van der Waals surface area contributed by atoms with Gasteiger partial charge in [0.1, 0.15) is 24.2 Å². The summed E-state index contributed by atoms with van der Waals surface area (Å²) < 4.78 is 0. The molecule has 0 spiro atoms. The molecule has 0 saturated heterocycles. The lowest BCUT2D eigenvalue weighted by Crippen LogP contribution is -2.60. The summed E-state index contributed by atoms with van der Waals surface area (Å²) in [7, 11) is 0. The summed E-state index contributed by atoms with van der Waals surface area (Å²) >= 11 is 0. The van der Waals surface area contributed by atoms with Crippen LogP contribution < -0.4 is 21.7 Å². The van der Waals surface area contributed by atoms with Crippen molar-refractivity contribution in [2.75, 3.05) is 6.61 Å². The quantitative estimate of drug-likeness (QED) is 0.183. The van der Waals surface area contributed by atoms with Crippen LogP contribution in [0.1, 0.15) is 32.8 Å². The van der Waals surface area contributed by atoms with Crippen molar-refractivity contribution in [3.63, 3.8) is 0 Å². The number of nitrogens with two attached hydrogens (primary N) is 1. The van der Waals surface area contributed by atoms with Crippen molar-refractivity contribution < 1.29 is 34.5 Å². The van der Waals surface area contributed by atoms with Gasteiger partial charge < -0.3 is 37.0 Å². The molecule has 0 aromatic heterocycles. The summed E-state index contributed by atoms with van der Waals surface area (Å²) in [6.07, 6.45) is -1.14. The molecule has 3 amide bonds.